The van der Waals surface area contributed by atoms with Gasteiger partial charge in [0.25, 0.3) is 0 Å². The molecule has 0 heterocycles. The number of ether oxygens (including phenoxy) is 2. The molecular formula is C21H25ClFNO4S. The van der Waals surface area contributed by atoms with Crippen LogP contribution in [0.5, 0.6) is 11.5 Å². The SMILES string of the molecule is CCOc1cc(CNC(CCSC)C(=O)O)c(Cl)cc1OCc1ccc(F)cc1. The van der Waals surface area contributed by atoms with E-state index < -0.39 is 12.0 Å². The number of carboxylic acids is 1. The third-order valence-corrected chi connectivity index (χ3v) is 5.16. The topological polar surface area (TPSA) is 67.8 Å². The standard InChI is InChI=1S/C21H25ClFNO4S/c1-3-27-19-10-15(12-24-18(21(25)26)8-9-29-2)17(22)11-20(19)28-13-14-4-6-16(23)7-5-14/h4-7,10-11,18,24H,3,8-9,12-13H2,1-2H3,(H,25,26). The van der Waals surface area contributed by atoms with Gasteiger partial charge in [-0.3, -0.25) is 4.79 Å². The van der Waals surface area contributed by atoms with E-state index in [0.717, 1.165) is 16.9 Å². The highest BCUT2D eigenvalue weighted by atomic mass is 35.5. The van der Waals surface area contributed by atoms with Crippen LogP contribution in [-0.4, -0.2) is 35.7 Å². The Kier molecular flexibility index (Phi) is 9.57. The molecule has 2 N–H and O–H groups in total. The molecule has 8 heteroatoms. The minimum Gasteiger partial charge on any atom is -0.490 e. The Morgan fingerprint density at radius 3 is 2.55 bits per heavy atom. The lowest BCUT2D eigenvalue weighted by Gasteiger charge is -2.17. The Morgan fingerprint density at radius 1 is 1.24 bits per heavy atom. The van der Waals surface area contributed by atoms with Crippen molar-refractivity contribution >= 4 is 29.3 Å². The second-order valence-electron chi connectivity index (χ2n) is 6.29. The van der Waals surface area contributed by atoms with Gasteiger partial charge in [0.05, 0.1) is 6.61 Å². The second kappa shape index (κ2) is 11.9. The van der Waals surface area contributed by atoms with Gasteiger partial charge >= 0.3 is 5.97 Å². The lowest BCUT2D eigenvalue weighted by Crippen LogP contribution is -2.36. The lowest BCUT2D eigenvalue weighted by atomic mass is 10.1. The minimum absolute atomic E-state index is 0.240. The molecule has 1 unspecified atom stereocenters. The number of rotatable bonds is 12. The molecule has 0 aliphatic rings. The molecule has 0 aliphatic heterocycles. The summed E-state index contributed by atoms with van der Waals surface area (Å²) in [5.41, 5.74) is 1.54. The molecule has 0 bridgehead atoms. The van der Waals surface area contributed by atoms with Crippen LogP contribution in [0, 0.1) is 5.82 Å². The van der Waals surface area contributed by atoms with Crippen LogP contribution in [0.4, 0.5) is 4.39 Å². The van der Waals surface area contributed by atoms with Gasteiger partial charge in [0.1, 0.15) is 18.5 Å². The van der Waals surface area contributed by atoms with E-state index in [-0.39, 0.29) is 12.4 Å². The summed E-state index contributed by atoms with van der Waals surface area (Å²) >= 11 is 8.00. The third-order valence-electron chi connectivity index (χ3n) is 4.17. The molecule has 0 saturated heterocycles. The van der Waals surface area contributed by atoms with Crippen molar-refractivity contribution in [2.24, 2.45) is 0 Å². The number of hydrogen-bond acceptors (Lipinski definition) is 5. The number of nitrogens with one attached hydrogen (secondary N) is 1. The third kappa shape index (κ3) is 7.42. The molecule has 0 amide bonds. The zero-order valence-electron chi connectivity index (χ0n) is 16.4. The van der Waals surface area contributed by atoms with Crippen molar-refractivity contribution in [3.05, 3.63) is 58.4 Å². The summed E-state index contributed by atoms with van der Waals surface area (Å²) in [5, 5.41) is 12.8. The summed E-state index contributed by atoms with van der Waals surface area (Å²) in [5.74, 6) is 0.548. The lowest BCUT2D eigenvalue weighted by molar-refractivity contribution is -0.139. The van der Waals surface area contributed by atoms with Crippen LogP contribution in [0.3, 0.4) is 0 Å². The Labute approximate surface area is 179 Å². The van der Waals surface area contributed by atoms with E-state index in [0.29, 0.717) is 36.1 Å². The minimum atomic E-state index is -0.889. The summed E-state index contributed by atoms with van der Waals surface area (Å²) in [4.78, 5) is 11.4. The normalized spacial score (nSPS) is 11.9. The fraction of sp³-hybridized carbons (Fsp3) is 0.381. The van der Waals surface area contributed by atoms with Gasteiger partial charge in [-0.1, -0.05) is 23.7 Å². The first kappa shape index (κ1) is 23.3. The molecule has 158 valence electrons. The van der Waals surface area contributed by atoms with E-state index in [4.69, 9.17) is 21.1 Å². The largest absolute Gasteiger partial charge is 0.490 e. The number of carbonyl (C=O) groups is 1. The van der Waals surface area contributed by atoms with Crippen molar-refractivity contribution < 1.29 is 23.8 Å². The number of aliphatic carboxylic acids is 1. The van der Waals surface area contributed by atoms with E-state index in [2.05, 4.69) is 5.32 Å². The number of halogens is 2. The first-order valence-electron chi connectivity index (χ1n) is 9.22. The molecule has 0 aromatic heterocycles. The molecule has 0 saturated carbocycles. The molecular weight excluding hydrogens is 417 g/mol. The number of thioether (sulfide) groups is 1. The first-order chi connectivity index (χ1) is 13.9. The summed E-state index contributed by atoms with van der Waals surface area (Å²) in [6, 6.07) is 8.81. The van der Waals surface area contributed by atoms with Crippen molar-refractivity contribution in [3.63, 3.8) is 0 Å². The maximum atomic E-state index is 13.0. The molecule has 5 nitrogen and oxygen atoms in total. The Bertz CT molecular complexity index is 804. The molecule has 1 atom stereocenters. The average molecular weight is 442 g/mol. The van der Waals surface area contributed by atoms with E-state index in [9.17, 15) is 14.3 Å². The smallest absolute Gasteiger partial charge is 0.320 e. The van der Waals surface area contributed by atoms with Gasteiger partial charge in [0, 0.05) is 17.6 Å². The molecule has 2 aromatic rings. The van der Waals surface area contributed by atoms with Crippen LogP contribution in [0.15, 0.2) is 36.4 Å². The van der Waals surface area contributed by atoms with Gasteiger partial charge in [0.15, 0.2) is 11.5 Å². The van der Waals surface area contributed by atoms with Crippen LogP contribution < -0.4 is 14.8 Å². The number of benzene rings is 2. The summed E-state index contributed by atoms with van der Waals surface area (Å²) in [6.45, 7) is 2.83. The van der Waals surface area contributed by atoms with Crippen LogP contribution >= 0.6 is 23.4 Å². The highest BCUT2D eigenvalue weighted by Gasteiger charge is 2.18. The highest BCUT2D eigenvalue weighted by Crippen LogP contribution is 2.34. The van der Waals surface area contributed by atoms with E-state index in [1.54, 1.807) is 36.0 Å². The molecule has 0 fully saturated rings. The fourth-order valence-electron chi connectivity index (χ4n) is 2.62. The quantitative estimate of drug-likeness (QED) is 0.495. The predicted octanol–water partition coefficient (Wildman–Crippen LogP) is 4.75. The molecule has 0 radical (unpaired) electrons. The van der Waals surface area contributed by atoms with Crippen LogP contribution in [-0.2, 0) is 17.9 Å². The molecule has 2 rings (SSSR count). The Hall–Kier alpha value is -1.96. The average Bonchev–Trinajstić information content (AvgIpc) is 2.69. The molecule has 0 spiro atoms. The van der Waals surface area contributed by atoms with Crippen molar-refractivity contribution in [1.29, 1.82) is 0 Å². The van der Waals surface area contributed by atoms with Crippen LogP contribution in [0.25, 0.3) is 0 Å². The van der Waals surface area contributed by atoms with Crippen molar-refractivity contribution in [1.82, 2.24) is 5.32 Å². The van der Waals surface area contributed by atoms with E-state index >= 15 is 0 Å². The van der Waals surface area contributed by atoms with Crippen LogP contribution in [0.1, 0.15) is 24.5 Å². The number of carboxylic acid groups (broad SMARTS) is 1. The summed E-state index contributed by atoms with van der Waals surface area (Å²) in [7, 11) is 0. The maximum Gasteiger partial charge on any atom is 0.320 e. The maximum absolute atomic E-state index is 13.0. The number of hydrogen-bond donors (Lipinski definition) is 2. The van der Waals surface area contributed by atoms with E-state index in [1.807, 2.05) is 13.2 Å². The molecule has 0 aliphatic carbocycles. The van der Waals surface area contributed by atoms with Gasteiger partial charge in [-0.2, -0.15) is 11.8 Å². The van der Waals surface area contributed by atoms with Gasteiger partial charge < -0.3 is 19.9 Å². The fourth-order valence-corrected chi connectivity index (χ4v) is 3.31. The zero-order valence-corrected chi connectivity index (χ0v) is 18.0. The predicted molar refractivity (Wildman–Crippen MR) is 115 cm³/mol. The van der Waals surface area contributed by atoms with Crippen LogP contribution in [0.2, 0.25) is 5.02 Å². The Balaban J connectivity index is 2.11. The Morgan fingerprint density at radius 2 is 1.93 bits per heavy atom. The van der Waals surface area contributed by atoms with E-state index in [1.165, 1.54) is 12.1 Å². The van der Waals surface area contributed by atoms with Crippen molar-refractivity contribution in [2.75, 3.05) is 18.6 Å². The first-order valence-corrected chi connectivity index (χ1v) is 11.0. The highest BCUT2D eigenvalue weighted by molar-refractivity contribution is 7.98. The monoisotopic (exact) mass is 441 g/mol. The summed E-state index contributed by atoms with van der Waals surface area (Å²) < 4.78 is 24.5. The van der Waals surface area contributed by atoms with Gasteiger partial charge in [-0.25, -0.2) is 4.39 Å². The second-order valence-corrected chi connectivity index (χ2v) is 7.68. The van der Waals surface area contributed by atoms with Crippen molar-refractivity contribution in [3.8, 4) is 11.5 Å². The van der Waals surface area contributed by atoms with Gasteiger partial charge in [-0.05, 0) is 54.7 Å². The molecule has 2 aromatic carbocycles. The summed E-state index contributed by atoms with van der Waals surface area (Å²) in [6.07, 6.45) is 2.46. The van der Waals surface area contributed by atoms with Crippen molar-refractivity contribution in [2.45, 2.75) is 32.5 Å². The van der Waals surface area contributed by atoms with Gasteiger partial charge in [0.2, 0.25) is 0 Å². The zero-order chi connectivity index (χ0) is 21.2. The molecule has 29 heavy (non-hydrogen) atoms. The van der Waals surface area contributed by atoms with Gasteiger partial charge in [-0.15, -0.1) is 0 Å².